The van der Waals surface area contributed by atoms with Crippen LogP contribution in [-0.2, 0) is 111 Å². The molecule has 0 fully saturated rings. The Labute approximate surface area is 306 Å². The van der Waals surface area contributed by atoms with Crippen molar-refractivity contribution in [3.63, 3.8) is 0 Å². The Morgan fingerprint density at radius 1 is 0.250 bits per heavy atom. The van der Waals surface area contributed by atoms with E-state index in [9.17, 15) is 0 Å². The van der Waals surface area contributed by atoms with Gasteiger partial charge in [-0.05, 0) is 0 Å². The maximum Gasteiger partial charge on any atom is 1.00 e. The Kier molecular flexibility index (Phi) is 735. The van der Waals surface area contributed by atoms with Crippen LogP contribution in [0, 0.1) is 0 Å². The molecule has 0 aliphatic heterocycles. The van der Waals surface area contributed by atoms with Gasteiger partial charge < -0.3 is 21.9 Å². The third-order valence-corrected chi connectivity index (χ3v) is 0. The van der Waals surface area contributed by atoms with E-state index in [-0.39, 0.29) is 317 Å². The molecule has 0 radical (unpaired) electrons. The van der Waals surface area contributed by atoms with Gasteiger partial charge in [-0.1, -0.05) is 0 Å². The molecule has 0 aromatic carbocycles. The number of hydrogen-bond acceptors (Lipinski definition) is 0. The first-order chi connectivity index (χ1) is 0. The third-order valence-electron chi connectivity index (χ3n) is 0. The second kappa shape index (κ2) is 87.2. The Bertz CT molecular complexity index is 19.0. The predicted molar refractivity (Wildman–Crippen MR) is 2.75 cm³/mol. The van der Waals surface area contributed by atoms with Gasteiger partial charge in [-0.3, -0.25) is 0 Å². The third kappa shape index (κ3) is 74.5. The average Bonchev–Trinajstić information content (AvgIpc) is 0. The van der Waals surface area contributed by atoms with Gasteiger partial charge in [-0.2, -0.15) is 0 Å². The molecular weight excluding hydrogens is 652 g/mol. The summed E-state index contributed by atoms with van der Waals surface area (Å²) in [6.07, 6.45) is 0. The SMILES string of the molecule is [Ag+].[Ag+].[Ag+].[Ag+].[K+].[K+].[K+].[K+].[O-2].[O-2].[O-2].[O-2]. The maximum atomic E-state index is 0. The zero-order chi connectivity index (χ0) is 0. The molecule has 0 N–H and O–H groups in total. The van der Waals surface area contributed by atoms with Crippen molar-refractivity contribution in [3.8, 4) is 0 Å². The molecule has 0 unspecified atom stereocenters. The van der Waals surface area contributed by atoms with Crippen LogP contribution in [0.15, 0.2) is 0 Å². The molecule has 0 aliphatic carbocycles. The minimum absolute atomic E-state index is 0. The van der Waals surface area contributed by atoms with E-state index in [1.807, 2.05) is 0 Å². The molecule has 0 aromatic rings. The van der Waals surface area contributed by atoms with E-state index >= 15 is 0 Å². The van der Waals surface area contributed by atoms with Crippen LogP contribution < -0.4 is 206 Å². The van der Waals surface area contributed by atoms with Gasteiger partial charge in [0.25, 0.3) is 0 Å². The van der Waals surface area contributed by atoms with Crippen LogP contribution in [0.4, 0.5) is 0 Å². The monoisotopic (exact) mass is 647 g/mol. The first kappa shape index (κ1) is 101. The molecule has 0 aromatic heterocycles. The van der Waals surface area contributed by atoms with E-state index in [4.69, 9.17) is 0 Å². The van der Waals surface area contributed by atoms with Crippen molar-refractivity contribution in [2.45, 2.75) is 0 Å². The summed E-state index contributed by atoms with van der Waals surface area (Å²) in [5, 5.41) is 0. The summed E-state index contributed by atoms with van der Waals surface area (Å²) in [5.41, 5.74) is 0. The molecule has 72 valence electrons. The summed E-state index contributed by atoms with van der Waals surface area (Å²) < 4.78 is 0. The molecule has 12 heavy (non-hydrogen) atoms. The molecule has 0 aliphatic rings. The Morgan fingerprint density at radius 3 is 0.250 bits per heavy atom. The molecule has 4 nitrogen and oxygen atoms in total. The zero-order valence-electron chi connectivity index (χ0n) is 6.84. The van der Waals surface area contributed by atoms with E-state index in [0.717, 1.165) is 0 Å². The van der Waals surface area contributed by atoms with E-state index < -0.39 is 0 Å². The standard InChI is InChI=1S/4Ag.4K.4O/q8*+1;4*-2. The summed E-state index contributed by atoms with van der Waals surface area (Å²) in [4.78, 5) is 0. The van der Waals surface area contributed by atoms with Crippen molar-refractivity contribution in [3.05, 3.63) is 0 Å². The quantitative estimate of drug-likeness (QED) is 0.232. The zero-order valence-corrected chi connectivity index (χ0v) is 25.3. The minimum atomic E-state index is 0. The predicted octanol–water partition coefficient (Wildman–Crippen LogP) is -12.5. The molecule has 0 heterocycles. The molecule has 0 amide bonds. The molecule has 12 heteroatoms. The van der Waals surface area contributed by atoms with Crippen molar-refractivity contribution in [2.24, 2.45) is 0 Å². The van der Waals surface area contributed by atoms with E-state index in [1.54, 1.807) is 0 Å². The van der Waals surface area contributed by atoms with Crippen LogP contribution >= 0.6 is 0 Å². The van der Waals surface area contributed by atoms with Gasteiger partial charge in [0.15, 0.2) is 0 Å². The fourth-order valence-electron chi connectivity index (χ4n) is 0. The van der Waals surface area contributed by atoms with Crippen LogP contribution in [-0.4, -0.2) is 0 Å². The van der Waals surface area contributed by atoms with E-state index in [2.05, 4.69) is 0 Å². The van der Waals surface area contributed by atoms with Crippen LogP contribution in [0.25, 0.3) is 0 Å². The Morgan fingerprint density at radius 2 is 0.250 bits per heavy atom. The van der Waals surface area contributed by atoms with Gasteiger partial charge in [0.05, 0.1) is 0 Å². The van der Waals surface area contributed by atoms with Gasteiger partial charge in [-0.15, -0.1) is 0 Å². The summed E-state index contributed by atoms with van der Waals surface area (Å²) in [6, 6.07) is 0. The second-order valence-electron chi connectivity index (χ2n) is 0. The summed E-state index contributed by atoms with van der Waals surface area (Å²) in [5.74, 6) is 0. The van der Waals surface area contributed by atoms with Crippen molar-refractivity contribution in [1.82, 2.24) is 0 Å². The van der Waals surface area contributed by atoms with Gasteiger partial charge >= 0.3 is 295 Å². The number of rotatable bonds is 0. The second-order valence-corrected chi connectivity index (χ2v) is 0. The fourth-order valence-corrected chi connectivity index (χ4v) is 0. The number of hydrogen-bond donors (Lipinski definition) is 0. The molecule has 0 atom stereocenters. The average molecular weight is 652 g/mol. The fraction of sp³-hybridized carbons (Fsp3) is 0. The molecule has 0 saturated carbocycles. The van der Waals surface area contributed by atoms with Gasteiger partial charge in [0.2, 0.25) is 0 Å². The van der Waals surface area contributed by atoms with Crippen molar-refractivity contribution in [2.75, 3.05) is 0 Å². The topological polar surface area (TPSA) is 114 Å². The van der Waals surface area contributed by atoms with E-state index in [1.165, 1.54) is 0 Å². The normalized spacial score (nSPS) is 0. The molecule has 0 rings (SSSR count). The summed E-state index contributed by atoms with van der Waals surface area (Å²) in [7, 11) is 0. The minimum Gasteiger partial charge on any atom is -2.00 e. The Balaban J connectivity index is 0. The summed E-state index contributed by atoms with van der Waals surface area (Å²) >= 11 is 0. The van der Waals surface area contributed by atoms with Crippen molar-refractivity contribution >= 4 is 0 Å². The largest absolute Gasteiger partial charge is 2.00 e. The smallest absolute Gasteiger partial charge is 1.00 e. The van der Waals surface area contributed by atoms with Crippen LogP contribution in [0.3, 0.4) is 0 Å². The first-order valence-electron chi connectivity index (χ1n) is 0. The van der Waals surface area contributed by atoms with Crippen LogP contribution in [0.5, 0.6) is 0 Å². The Hall–Kier alpha value is 9.35. The van der Waals surface area contributed by atoms with E-state index in [0.29, 0.717) is 0 Å². The van der Waals surface area contributed by atoms with Gasteiger partial charge in [0, 0.05) is 0 Å². The molecular formula is Ag4K4O4. The molecule has 0 saturated heterocycles. The van der Waals surface area contributed by atoms with Crippen LogP contribution in [0.2, 0.25) is 0 Å². The summed E-state index contributed by atoms with van der Waals surface area (Å²) in [6.45, 7) is 0. The molecule has 0 bridgehead atoms. The molecule has 0 spiro atoms. The van der Waals surface area contributed by atoms with Crippen molar-refractivity contribution in [1.29, 1.82) is 0 Å². The maximum absolute atomic E-state index is 0. The van der Waals surface area contributed by atoms with Gasteiger partial charge in [-0.25, -0.2) is 0 Å². The van der Waals surface area contributed by atoms with Gasteiger partial charge in [0.1, 0.15) is 0 Å². The van der Waals surface area contributed by atoms with Crippen molar-refractivity contribution < 1.29 is 317 Å². The first-order valence-corrected chi connectivity index (χ1v) is 0. The van der Waals surface area contributed by atoms with Crippen LogP contribution in [0.1, 0.15) is 0 Å².